The molecule has 0 saturated carbocycles. The first-order valence-corrected chi connectivity index (χ1v) is 10.4. The van der Waals surface area contributed by atoms with Gasteiger partial charge in [-0.15, -0.1) is 0 Å². The lowest BCUT2D eigenvalue weighted by Gasteiger charge is -2.12. The number of nitrogens with one attached hydrogen (secondary N) is 1. The number of imidazole rings is 1. The predicted molar refractivity (Wildman–Crippen MR) is 114 cm³/mol. The number of hydrogen-bond donors (Lipinski definition) is 2. The van der Waals surface area contributed by atoms with Crippen molar-refractivity contribution < 1.29 is 4.79 Å². The molecule has 0 bridgehead atoms. The minimum Gasteiger partial charge on any atom is -0.356 e. The molecule has 0 aliphatic heterocycles. The quantitative estimate of drug-likeness (QED) is 0.524. The molecule has 3 aromatic rings. The number of nitrogens with zero attached hydrogens (tertiary/aromatic N) is 3. The summed E-state index contributed by atoms with van der Waals surface area (Å²) in [7, 11) is 0. The van der Waals surface area contributed by atoms with Gasteiger partial charge in [0.05, 0.1) is 23.1 Å². The standard InChI is InChI=1S/C22H31N5O/c1-3-12-24-19(28)11-5-4-8-13-27-15-25-21-20(16(2)14-23)26-18-10-7-6-9-17(18)22(21)27/h6-7,9-10,15-16H,3-5,8,11-14,23H2,1-2H3,(H,24,28). The molecule has 6 nitrogen and oxygen atoms in total. The number of pyridine rings is 1. The molecule has 2 heterocycles. The average molecular weight is 382 g/mol. The van der Waals surface area contributed by atoms with Crippen molar-refractivity contribution in [1.82, 2.24) is 19.9 Å². The van der Waals surface area contributed by atoms with Crippen LogP contribution in [0.25, 0.3) is 21.9 Å². The summed E-state index contributed by atoms with van der Waals surface area (Å²) in [4.78, 5) is 21.2. The zero-order chi connectivity index (χ0) is 19.9. The number of aryl methyl sites for hydroxylation is 1. The summed E-state index contributed by atoms with van der Waals surface area (Å²) in [6, 6.07) is 8.22. The molecule has 6 heteroatoms. The van der Waals surface area contributed by atoms with Crippen LogP contribution in [0.5, 0.6) is 0 Å². The van der Waals surface area contributed by atoms with Crippen molar-refractivity contribution in [3.63, 3.8) is 0 Å². The molecule has 0 saturated heterocycles. The smallest absolute Gasteiger partial charge is 0.219 e. The Bertz CT molecular complexity index is 933. The highest BCUT2D eigenvalue weighted by Crippen LogP contribution is 2.29. The summed E-state index contributed by atoms with van der Waals surface area (Å²) in [5, 5.41) is 4.06. The minimum atomic E-state index is 0.160. The average Bonchev–Trinajstić information content (AvgIpc) is 3.15. The molecule has 1 amide bonds. The summed E-state index contributed by atoms with van der Waals surface area (Å²) in [5.74, 6) is 0.324. The second-order valence-corrected chi connectivity index (χ2v) is 7.45. The van der Waals surface area contributed by atoms with Crippen LogP contribution in [-0.4, -0.2) is 33.5 Å². The van der Waals surface area contributed by atoms with Gasteiger partial charge in [-0.05, 0) is 25.3 Å². The van der Waals surface area contributed by atoms with Gasteiger partial charge in [0.2, 0.25) is 5.91 Å². The summed E-state index contributed by atoms with van der Waals surface area (Å²) in [6.45, 7) is 6.36. The van der Waals surface area contributed by atoms with Crippen molar-refractivity contribution >= 4 is 27.8 Å². The molecule has 1 aromatic carbocycles. The van der Waals surface area contributed by atoms with Crippen molar-refractivity contribution in [2.45, 2.75) is 58.4 Å². The molecule has 0 radical (unpaired) electrons. The lowest BCUT2D eigenvalue weighted by molar-refractivity contribution is -0.121. The molecule has 2 aromatic heterocycles. The molecule has 0 aliphatic carbocycles. The Morgan fingerprint density at radius 2 is 2.07 bits per heavy atom. The minimum absolute atomic E-state index is 0.160. The second-order valence-electron chi connectivity index (χ2n) is 7.45. The zero-order valence-electron chi connectivity index (χ0n) is 16.9. The highest BCUT2D eigenvalue weighted by atomic mass is 16.1. The second kappa shape index (κ2) is 9.64. The third-order valence-electron chi connectivity index (χ3n) is 5.18. The fraction of sp³-hybridized carbons (Fsp3) is 0.500. The number of nitrogens with two attached hydrogens (primary N) is 1. The van der Waals surface area contributed by atoms with Crippen LogP contribution < -0.4 is 11.1 Å². The monoisotopic (exact) mass is 381 g/mol. The molecule has 0 fully saturated rings. The van der Waals surface area contributed by atoms with Crippen LogP contribution in [0.2, 0.25) is 0 Å². The largest absolute Gasteiger partial charge is 0.356 e. The molecule has 3 rings (SSSR count). The van der Waals surface area contributed by atoms with Gasteiger partial charge in [0, 0.05) is 37.4 Å². The van der Waals surface area contributed by atoms with E-state index in [2.05, 4.69) is 34.8 Å². The van der Waals surface area contributed by atoms with Crippen molar-refractivity contribution in [2.75, 3.05) is 13.1 Å². The van der Waals surface area contributed by atoms with E-state index in [1.54, 1.807) is 0 Å². The molecule has 3 N–H and O–H groups in total. The Hall–Kier alpha value is -2.47. The van der Waals surface area contributed by atoms with Gasteiger partial charge in [0.15, 0.2) is 0 Å². The Labute approximate surface area is 166 Å². The maximum absolute atomic E-state index is 11.7. The van der Waals surface area contributed by atoms with Gasteiger partial charge in [0.1, 0.15) is 5.52 Å². The van der Waals surface area contributed by atoms with E-state index in [4.69, 9.17) is 10.7 Å². The van der Waals surface area contributed by atoms with Gasteiger partial charge in [-0.1, -0.05) is 38.5 Å². The maximum atomic E-state index is 11.7. The molecule has 1 unspecified atom stereocenters. The lowest BCUT2D eigenvalue weighted by Crippen LogP contribution is -2.23. The molecule has 1 atom stereocenters. The Kier molecular flexibility index (Phi) is 6.98. The van der Waals surface area contributed by atoms with Crippen LogP contribution in [0.15, 0.2) is 30.6 Å². The fourth-order valence-electron chi connectivity index (χ4n) is 3.53. The first kappa shape index (κ1) is 20.3. The maximum Gasteiger partial charge on any atom is 0.219 e. The molecule has 150 valence electrons. The Balaban J connectivity index is 1.74. The predicted octanol–water partition coefficient (Wildman–Crippen LogP) is 3.73. The van der Waals surface area contributed by atoms with Crippen LogP contribution in [0.4, 0.5) is 0 Å². The molecule has 28 heavy (non-hydrogen) atoms. The van der Waals surface area contributed by atoms with E-state index < -0.39 is 0 Å². The van der Waals surface area contributed by atoms with E-state index in [0.717, 1.165) is 66.4 Å². The van der Waals surface area contributed by atoms with E-state index in [1.807, 2.05) is 24.5 Å². The van der Waals surface area contributed by atoms with E-state index in [9.17, 15) is 4.79 Å². The molecule has 0 spiro atoms. The third-order valence-corrected chi connectivity index (χ3v) is 5.18. The van der Waals surface area contributed by atoms with Crippen molar-refractivity contribution in [2.24, 2.45) is 5.73 Å². The van der Waals surface area contributed by atoms with Crippen molar-refractivity contribution in [3.8, 4) is 0 Å². The SMILES string of the molecule is CCCNC(=O)CCCCCn1cnc2c(C(C)CN)nc3ccccc3c21. The van der Waals surface area contributed by atoms with Crippen LogP contribution in [0.3, 0.4) is 0 Å². The first-order valence-electron chi connectivity index (χ1n) is 10.4. The van der Waals surface area contributed by atoms with Crippen LogP contribution in [0, 0.1) is 0 Å². The number of fused-ring (bicyclic) bond motifs is 3. The number of amides is 1. The molecule has 0 aliphatic rings. The Morgan fingerprint density at radius 1 is 1.25 bits per heavy atom. The van der Waals surface area contributed by atoms with E-state index in [0.29, 0.717) is 13.0 Å². The number of carbonyl (C=O) groups is 1. The third kappa shape index (κ3) is 4.50. The van der Waals surface area contributed by atoms with Crippen LogP contribution >= 0.6 is 0 Å². The summed E-state index contributed by atoms with van der Waals surface area (Å²) in [5.41, 5.74) is 9.96. The topological polar surface area (TPSA) is 85.8 Å². The number of carbonyl (C=O) groups excluding carboxylic acids is 1. The zero-order valence-corrected chi connectivity index (χ0v) is 16.9. The van der Waals surface area contributed by atoms with Gasteiger partial charge >= 0.3 is 0 Å². The summed E-state index contributed by atoms with van der Waals surface area (Å²) in [6.07, 6.45) is 6.46. The number of para-hydroxylation sites is 1. The fourth-order valence-corrected chi connectivity index (χ4v) is 3.53. The van der Waals surface area contributed by atoms with E-state index in [1.165, 1.54) is 0 Å². The Morgan fingerprint density at radius 3 is 2.86 bits per heavy atom. The first-order chi connectivity index (χ1) is 13.7. The number of benzene rings is 1. The summed E-state index contributed by atoms with van der Waals surface area (Å²) < 4.78 is 2.23. The number of aromatic nitrogens is 3. The lowest BCUT2D eigenvalue weighted by atomic mass is 10.0. The molecular weight excluding hydrogens is 350 g/mol. The van der Waals surface area contributed by atoms with Gasteiger partial charge in [-0.3, -0.25) is 9.78 Å². The number of hydrogen-bond acceptors (Lipinski definition) is 4. The summed E-state index contributed by atoms with van der Waals surface area (Å²) >= 11 is 0. The number of rotatable bonds is 10. The van der Waals surface area contributed by atoms with Gasteiger partial charge in [0.25, 0.3) is 0 Å². The van der Waals surface area contributed by atoms with Gasteiger partial charge in [-0.2, -0.15) is 0 Å². The van der Waals surface area contributed by atoms with Gasteiger partial charge in [-0.25, -0.2) is 4.98 Å². The van der Waals surface area contributed by atoms with Crippen molar-refractivity contribution in [3.05, 3.63) is 36.3 Å². The van der Waals surface area contributed by atoms with Crippen LogP contribution in [-0.2, 0) is 11.3 Å². The molecular formula is C22H31N5O. The van der Waals surface area contributed by atoms with Crippen molar-refractivity contribution in [1.29, 1.82) is 0 Å². The van der Waals surface area contributed by atoms with E-state index in [-0.39, 0.29) is 11.8 Å². The highest BCUT2D eigenvalue weighted by Gasteiger charge is 2.17. The van der Waals surface area contributed by atoms with E-state index >= 15 is 0 Å². The number of unbranched alkanes of at least 4 members (excludes halogenated alkanes) is 2. The van der Waals surface area contributed by atoms with Crippen LogP contribution in [0.1, 0.15) is 57.6 Å². The van der Waals surface area contributed by atoms with Gasteiger partial charge < -0.3 is 15.6 Å². The highest BCUT2D eigenvalue weighted by molar-refractivity contribution is 6.03. The normalized spacial score (nSPS) is 12.5.